The molecule has 2 atom stereocenters. The van der Waals surface area contributed by atoms with E-state index < -0.39 is 0 Å². The molecule has 1 aliphatic heterocycles. The minimum atomic E-state index is -0.0502. The van der Waals surface area contributed by atoms with Gasteiger partial charge in [-0.15, -0.1) is 0 Å². The Morgan fingerprint density at radius 1 is 1.55 bits per heavy atom. The molecule has 110 valence electrons. The highest BCUT2D eigenvalue weighted by Crippen LogP contribution is 2.17. The number of carbonyl (C=O) groups is 1. The number of hydrogen-bond donors (Lipinski definition) is 1. The third-order valence-corrected chi connectivity index (χ3v) is 4.21. The Bertz CT molecular complexity index is 492. The lowest BCUT2D eigenvalue weighted by atomic mass is 9.98. The smallest absolute Gasteiger partial charge is 0.251 e. The molecule has 0 spiro atoms. The largest absolute Gasteiger partial charge is 0.349 e. The third kappa shape index (κ3) is 3.70. The van der Waals surface area contributed by atoms with Crippen molar-refractivity contribution >= 4 is 17.5 Å². The van der Waals surface area contributed by atoms with Crippen LogP contribution in [0.3, 0.4) is 0 Å². The zero-order valence-corrected chi connectivity index (χ0v) is 13.1. The van der Waals surface area contributed by atoms with Gasteiger partial charge in [-0.2, -0.15) is 0 Å². The Morgan fingerprint density at radius 3 is 2.95 bits per heavy atom. The van der Waals surface area contributed by atoms with Crippen LogP contribution in [-0.2, 0) is 6.42 Å². The Kier molecular flexibility index (Phi) is 5.00. The van der Waals surface area contributed by atoms with Crippen molar-refractivity contribution in [2.75, 3.05) is 13.6 Å². The Balaban J connectivity index is 2.03. The second kappa shape index (κ2) is 6.55. The van der Waals surface area contributed by atoms with Gasteiger partial charge in [0.05, 0.1) is 0 Å². The monoisotopic (exact) mass is 295 g/mol. The SMILES string of the molecule is CCc1cc(C(=O)NC2CCN(C)C(C)C2)cc(Cl)n1. The first-order chi connectivity index (χ1) is 9.49. The molecule has 0 saturated carbocycles. The van der Waals surface area contributed by atoms with E-state index in [1.54, 1.807) is 6.07 Å². The molecule has 1 aromatic heterocycles. The van der Waals surface area contributed by atoms with Crippen molar-refractivity contribution in [3.8, 4) is 0 Å². The predicted octanol–water partition coefficient (Wildman–Crippen LogP) is 2.51. The number of piperidine rings is 1. The van der Waals surface area contributed by atoms with Gasteiger partial charge in [0.2, 0.25) is 0 Å². The number of aryl methyl sites for hydroxylation is 1. The summed E-state index contributed by atoms with van der Waals surface area (Å²) in [7, 11) is 2.12. The van der Waals surface area contributed by atoms with E-state index in [1.165, 1.54) is 0 Å². The van der Waals surface area contributed by atoms with Crippen molar-refractivity contribution in [3.05, 3.63) is 28.5 Å². The molecule has 1 fully saturated rings. The van der Waals surface area contributed by atoms with Gasteiger partial charge in [-0.3, -0.25) is 4.79 Å². The quantitative estimate of drug-likeness (QED) is 0.872. The van der Waals surface area contributed by atoms with Gasteiger partial charge in [0.25, 0.3) is 5.91 Å². The highest BCUT2D eigenvalue weighted by atomic mass is 35.5. The molecule has 0 aliphatic carbocycles. The number of nitrogens with one attached hydrogen (secondary N) is 1. The van der Waals surface area contributed by atoms with Crippen LogP contribution in [0.15, 0.2) is 12.1 Å². The number of carbonyl (C=O) groups excluding carboxylic acids is 1. The molecule has 2 rings (SSSR count). The van der Waals surface area contributed by atoms with Gasteiger partial charge in [-0.1, -0.05) is 18.5 Å². The van der Waals surface area contributed by atoms with Crippen LogP contribution >= 0.6 is 11.6 Å². The average molecular weight is 296 g/mol. The molecular weight excluding hydrogens is 274 g/mol. The minimum Gasteiger partial charge on any atom is -0.349 e. The maximum absolute atomic E-state index is 12.3. The van der Waals surface area contributed by atoms with Crippen LogP contribution in [0, 0.1) is 0 Å². The molecule has 1 amide bonds. The molecule has 2 unspecified atom stereocenters. The Labute approximate surface area is 125 Å². The molecule has 4 nitrogen and oxygen atoms in total. The summed E-state index contributed by atoms with van der Waals surface area (Å²) in [6.07, 6.45) is 2.75. The molecule has 1 N–H and O–H groups in total. The van der Waals surface area contributed by atoms with Crippen molar-refractivity contribution in [2.24, 2.45) is 0 Å². The first kappa shape index (κ1) is 15.3. The molecule has 2 heterocycles. The number of hydrogen-bond acceptors (Lipinski definition) is 3. The van der Waals surface area contributed by atoms with E-state index in [-0.39, 0.29) is 11.9 Å². The normalized spacial score (nSPS) is 23.6. The predicted molar refractivity (Wildman–Crippen MR) is 81.2 cm³/mol. The fraction of sp³-hybridized carbons (Fsp3) is 0.600. The fourth-order valence-corrected chi connectivity index (χ4v) is 2.78. The molecule has 0 bridgehead atoms. The summed E-state index contributed by atoms with van der Waals surface area (Å²) >= 11 is 5.96. The van der Waals surface area contributed by atoms with Crippen molar-refractivity contribution < 1.29 is 4.79 Å². The molecule has 0 radical (unpaired) electrons. The Hall–Kier alpha value is -1.13. The van der Waals surface area contributed by atoms with Gasteiger partial charge in [0, 0.05) is 29.9 Å². The highest BCUT2D eigenvalue weighted by molar-refractivity contribution is 6.29. The topological polar surface area (TPSA) is 45.2 Å². The second-order valence-electron chi connectivity index (χ2n) is 5.55. The van der Waals surface area contributed by atoms with E-state index in [4.69, 9.17) is 11.6 Å². The number of nitrogens with zero attached hydrogens (tertiary/aromatic N) is 2. The number of pyridine rings is 1. The zero-order valence-electron chi connectivity index (χ0n) is 12.3. The molecule has 1 aliphatic rings. The summed E-state index contributed by atoms with van der Waals surface area (Å²) in [6.45, 7) is 5.21. The van der Waals surface area contributed by atoms with Crippen LogP contribution in [0.5, 0.6) is 0 Å². The lowest BCUT2D eigenvalue weighted by molar-refractivity contribution is 0.0896. The number of likely N-dealkylation sites (tertiary alicyclic amines) is 1. The molecule has 20 heavy (non-hydrogen) atoms. The van der Waals surface area contributed by atoms with Crippen LogP contribution in [0.2, 0.25) is 5.15 Å². The van der Waals surface area contributed by atoms with Gasteiger partial charge in [-0.05, 0) is 45.4 Å². The lowest BCUT2D eigenvalue weighted by Gasteiger charge is -2.35. The molecule has 0 aromatic carbocycles. The number of rotatable bonds is 3. The van der Waals surface area contributed by atoms with Gasteiger partial charge in [0.1, 0.15) is 5.15 Å². The Morgan fingerprint density at radius 2 is 2.30 bits per heavy atom. The summed E-state index contributed by atoms with van der Waals surface area (Å²) < 4.78 is 0. The fourth-order valence-electron chi connectivity index (χ4n) is 2.55. The molecule has 1 aromatic rings. The van der Waals surface area contributed by atoms with E-state index in [1.807, 2.05) is 13.0 Å². The van der Waals surface area contributed by atoms with Crippen LogP contribution in [0.25, 0.3) is 0 Å². The summed E-state index contributed by atoms with van der Waals surface area (Å²) in [5.41, 5.74) is 1.45. The van der Waals surface area contributed by atoms with E-state index in [0.717, 1.165) is 31.5 Å². The van der Waals surface area contributed by atoms with Crippen LogP contribution in [-0.4, -0.2) is 41.5 Å². The van der Waals surface area contributed by atoms with Crippen molar-refractivity contribution in [1.82, 2.24) is 15.2 Å². The zero-order chi connectivity index (χ0) is 14.7. The van der Waals surface area contributed by atoms with Gasteiger partial charge < -0.3 is 10.2 Å². The maximum Gasteiger partial charge on any atom is 0.251 e. The van der Waals surface area contributed by atoms with E-state index in [0.29, 0.717) is 16.8 Å². The lowest BCUT2D eigenvalue weighted by Crippen LogP contribution is -2.47. The number of halogens is 1. The van der Waals surface area contributed by atoms with E-state index in [9.17, 15) is 4.79 Å². The van der Waals surface area contributed by atoms with Crippen LogP contribution in [0.1, 0.15) is 42.7 Å². The van der Waals surface area contributed by atoms with Gasteiger partial charge in [0.15, 0.2) is 0 Å². The first-order valence-electron chi connectivity index (χ1n) is 7.17. The first-order valence-corrected chi connectivity index (χ1v) is 7.55. The maximum atomic E-state index is 12.3. The highest BCUT2D eigenvalue weighted by Gasteiger charge is 2.24. The molecular formula is C15H22ClN3O. The number of aromatic nitrogens is 1. The summed E-state index contributed by atoms with van der Waals surface area (Å²) in [4.78, 5) is 18.8. The number of amides is 1. The van der Waals surface area contributed by atoms with E-state index >= 15 is 0 Å². The third-order valence-electron chi connectivity index (χ3n) is 4.02. The van der Waals surface area contributed by atoms with Gasteiger partial charge in [-0.25, -0.2) is 4.98 Å². The van der Waals surface area contributed by atoms with Crippen molar-refractivity contribution in [3.63, 3.8) is 0 Å². The standard InChI is InChI=1S/C15H22ClN3O/c1-4-12-8-11(9-14(16)17-12)15(20)18-13-5-6-19(3)10(2)7-13/h8-10,13H,4-7H2,1-3H3,(H,18,20). The van der Waals surface area contributed by atoms with E-state index in [2.05, 4.69) is 29.2 Å². The molecule has 5 heteroatoms. The summed E-state index contributed by atoms with van der Waals surface area (Å²) in [6, 6.07) is 4.19. The van der Waals surface area contributed by atoms with Gasteiger partial charge >= 0.3 is 0 Å². The summed E-state index contributed by atoms with van der Waals surface area (Å²) in [5, 5.41) is 3.49. The van der Waals surface area contributed by atoms with Crippen LogP contribution < -0.4 is 5.32 Å². The van der Waals surface area contributed by atoms with Crippen molar-refractivity contribution in [2.45, 2.75) is 45.2 Å². The van der Waals surface area contributed by atoms with Crippen LogP contribution in [0.4, 0.5) is 0 Å². The van der Waals surface area contributed by atoms with Crippen molar-refractivity contribution in [1.29, 1.82) is 0 Å². The molecule has 1 saturated heterocycles. The second-order valence-corrected chi connectivity index (χ2v) is 5.94. The minimum absolute atomic E-state index is 0.0502. The average Bonchev–Trinajstić information content (AvgIpc) is 2.42. The summed E-state index contributed by atoms with van der Waals surface area (Å²) in [5.74, 6) is -0.0502.